The molecular formula is C8H14N2. The summed E-state index contributed by atoms with van der Waals surface area (Å²) in [4.78, 5) is 6.36. The van der Waals surface area contributed by atoms with Crippen molar-refractivity contribution in [3.63, 3.8) is 0 Å². The molecular weight excluding hydrogens is 124 g/mol. The van der Waals surface area contributed by atoms with Gasteiger partial charge in [-0.2, -0.15) is 0 Å². The molecule has 0 aromatic rings. The molecule has 0 bridgehead atoms. The van der Waals surface area contributed by atoms with Gasteiger partial charge in [-0.05, 0) is 13.8 Å². The molecule has 0 atom stereocenters. The molecule has 0 radical (unpaired) electrons. The van der Waals surface area contributed by atoms with E-state index in [2.05, 4.69) is 36.0 Å². The number of nitrogens with zero attached hydrogens (tertiary/aromatic N) is 2. The van der Waals surface area contributed by atoms with E-state index < -0.39 is 0 Å². The Morgan fingerprint density at radius 2 is 2.30 bits per heavy atom. The van der Waals surface area contributed by atoms with Crippen molar-refractivity contribution in [2.45, 2.75) is 26.3 Å². The van der Waals surface area contributed by atoms with Crippen LogP contribution in [0.1, 0.15) is 20.3 Å². The molecule has 0 spiro atoms. The van der Waals surface area contributed by atoms with Crippen LogP contribution in [0.4, 0.5) is 0 Å². The lowest BCUT2D eigenvalue weighted by Crippen LogP contribution is -2.28. The van der Waals surface area contributed by atoms with Crippen molar-refractivity contribution in [1.29, 1.82) is 0 Å². The van der Waals surface area contributed by atoms with Gasteiger partial charge in [-0.25, -0.2) is 0 Å². The monoisotopic (exact) mass is 138 g/mol. The van der Waals surface area contributed by atoms with E-state index in [1.807, 2.05) is 7.05 Å². The second-order valence-corrected chi connectivity index (χ2v) is 2.73. The van der Waals surface area contributed by atoms with Crippen LogP contribution < -0.4 is 0 Å². The van der Waals surface area contributed by atoms with Crippen molar-refractivity contribution in [2.24, 2.45) is 4.99 Å². The minimum atomic E-state index is 0.539. The van der Waals surface area contributed by atoms with Gasteiger partial charge in [0.15, 0.2) is 0 Å². The Labute approximate surface area is 62.3 Å². The second-order valence-electron chi connectivity index (χ2n) is 2.73. The van der Waals surface area contributed by atoms with Gasteiger partial charge in [0.2, 0.25) is 0 Å². The van der Waals surface area contributed by atoms with Gasteiger partial charge < -0.3 is 4.90 Å². The maximum atomic E-state index is 4.17. The number of rotatable bonds is 1. The molecule has 56 valence electrons. The van der Waals surface area contributed by atoms with Crippen molar-refractivity contribution in [1.82, 2.24) is 4.90 Å². The Bertz CT molecular complexity index is 168. The fourth-order valence-electron chi connectivity index (χ4n) is 1.14. The van der Waals surface area contributed by atoms with E-state index in [0.29, 0.717) is 6.04 Å². The summed E-state index contributed by atoms with van der Waals surface area (Å²) in [7, 11) is 1.84. The van der Waals surface area contributed by atoms with Gasteiger partial charge in [0, 0.05) is 25.7 Å². The molecule has 0 fully saturated rings. The van der Waals surface area contributed by atoms with Gasteiger partial charge in [0.1, 0.15) is 5.84 Å². The molecule has 0 aromatic carbocycles. The topological polar surface area (TPSA) is 15.6 Å². The molecule has 0 saturated carbocycles. The standard InChI is InChI=1S/C8H14N2/c1-7(2)10-6-4-5-8(10)9-3/h4,6-7H,5H2,1-3H3/b9-8+. The minimum absolute atomic E-state index is 0.539. The zero-order chi connectivity index (χ0) is 7.56. The molecule has 1 heterocycles. The van der Waals surface area contributed by atoms with E-state index in [4.69, 9.17) is 0 Å². The molecule has 2 nitrogen and oxygen atoms in total. The van der Waals surface area contributed by atoms with Gasteiger partial charge >= 0.3 is 0 Å². The lowest BCUT2D eigenvalue weighted by Gasteiger charge is -2.20. The lowest BCUT2D eigenvalue weighted by molar-refractivity contribution is 0.464. The summed E-state index contributed by atoms with van der Waals surface area (Å²) in [6, 6.07) is 0.539. The third kappa shape index (κ3) is 1.20. The van der Waals surface area contributed by atoms with Crippen LogP contribution in [0.25, 0.3) is 0 Å². The van der Waals surface area contributed by atoms with Crippen LogP contribution >= 0.6 is 0 Å². The number of amidine groups is 1. The molecule has 10 heavy (non-hydrogen) atoms. The Morgan fingerprint density at radius 3 is 2.70 bits per heavy atom. The Hall–Kier alpha value is -0.790. The Morgan fingerprint density at radius 1 is 1.60 bits per heavy atom. The van der Waals surface area contributed by atoms with Crippen LogP contribution in [-0.4, -0.2) is 23.8 Å². The zero-order valence-electron chi connectivity index (χ0n) is 6.83. The fourth-order valence-corrected chi connectivity index (χ4v) is 1.14. The molecule has 0 saturated heterocycles. The van der Waals surface area contributed by atoms with Gasteiger partial charge in [0.05, 0.1) is 0 Å². The van der Waals surface area contributed by atoms with Crippen LogP contribution in [0.5, 0.6) is 0 Å². The molecule has 2 heteroatoms. The van der Waals surface area contributed by atoms with Gasteiger partial charge in [-0.1, -0.05) is 6.08 Å². The summed E-state index contributed by atoms with van der Waals surface area (Å²) in [6.07, 6.45) is 5.24. The maximum Gasteiger partial charge on any atom is 0.107 e. The molecule has 1 aliphatic rings. The molecule has 1 aliphatic heterocycles. The van der Waals surface area contributed by atoms with Crippen molar-refractivity contribution >= 4 is 5.84 Å². The van der Waals surface area contributed by atoms with Crippen LogP contribution in [-0.2, 0) is 0 Å². The van der Waals surface area contributed by atoms with Gasteiger partial charge in [0.25, 0.3) is 0 Å². The second kappa shape index (κ2) is 2.86. The van der Waals surface area contributed by atoms with E-state index in [1.165, 1.54) is 5.84 Å². The van der Waals surface area contributed by atoms with Crippen molar-refractivity contribution in [3.05, 3.63) is 12.3 Å². The van der Waals surface area contributed by atoms with E-state index in [1.54, 1.807) is 0 Å². The third-order valence-corrected chi connectivity index (χ3v) is 1.68. The van der Waals surface area contributed by atoms with E-state index >= 15 is 0 Å². The van der Waals surface area contributed by atoms with Crippen LogP contribution in [0, 0.1) is 0 Å². The SMILES string of the molecule is C/N=C1\CC=CN1C(C)C. The molecule has 0 amide bonds. The third-order valence-electron chi connectivity index (χ3n) is 1.68. The van der Waals surface area contributed by atoms with Crippen molar-refractivity contribution in [2.75, 3.05) is 7.05 Å². The highest BCUT2D eigenvalue weighted by atomic mass is 15.2. The van der Waals surface area contributed by atoms with E-state index in [9.17, 15) is 0 Å². The van der Waals surface area contributed by atoms with Gasteiger partial charge in [-0.3, -0.25) is 4.99 Å². The van der Waals surface area contributed by atoms with Crippen molar-refractivity contribution in [3.8, 4) is 0 Å². The lowest BCUT2D eigenvalue weighted by atomic mass is 10.3. The summed E-state index contributed by atoms with van der Waals surface area (Å²) < 4.78 is 0. The quantitative estimate of drug-likeness (QED) is 0.538. The van der Waals surface area contributed by atoms with Crippen LogP contribution in [0.15, 0.2) is 17.3 Å². The highest BCUT2D eigenvalue weighted by Crippen LogP contribution is 2.11. The number of hydrogen-bond donors (Lipinski definition) is 0. The normalized spacial score (nSPS) is 21.6. The maximum absolute atomic E-state index is 4.17. The highest BCUT2D eigenvalue weighted by molar-refractivity contribution is 5.86. The molecule has 0 N–H and O–H groups in total. The van der Waals surface area contributed by atoms with Crippen LogP contribution in [0.2, 0.25) is 0 Å². The minimum Gasteiger partial charge on any atom is -0.334 e. The Balaban J connectivity index is 2.67. The summed E-state index contributed by atoms with van der Waals surface area (Å²) >= 11 is 0. The summed E-state index contributed by atoms with van der Waals surface area (Å²) in [5.41, 5.74) is 0. The van der Waals surface area contributed by atoms with Crippen molar-refractivity contribution < 1.29 is 0 Å². The molecule has 1 rings (SSSR count). The molecule has 0 aliphatic carbocycles. The summed E-state index contributed by atoms with van der Waals surface area (Å²) in [6.45, 7) is 4.34. The average molecular weight is 138 g/mol. The predicted octanol–water partition coefficient (Wildman–Crippen LogP) is 1.64. The smallest absolute Gasteiger partial charge is 0.107 e. The van der Waals surface area contributed by atoms with Gasteiger partial charge in [-0.15, -0.1) is 0 Å². The first-order valence-corrected chi connectivity index (χ1v) is 3.66. The zero-order valence-corrected chi connectivity index (χ0v) is 6.83. The average Bonchev–Trinajstić information content (AvgIpc) is 2.33. The molecule has 0 aromatic heterocycles. The predicted molar refractivity (Wildman–Crippen MR) is 44.1 cm³/mol. The molecule has 0 unspecified atom stereocenters. The number of hydrogen-bond acceptors (Lipinski definition) is 1. The summed E-state index contributed by atoms with van der Waals surface area (Å²) in [5, 5.41) is 0. The largest absolute Gasteiger partial charge is 0.334 e. The highest BCUT2D eigenvalue weighted by Gasteiger charge is 2.14. The first-order chi connectivity index (χ1) is 4.75. The van der Waals surface area contributed by atoms with E-state index in [-0.39, 0.29) is 0 Å². The number of aliphatic imine (C=N–C) groups is 1. The first-order valence-electron chi connectivity index (χ1n) is 3.66. The fraction of sp³-hybridized carbons (Fsp3) is 0.625. The first kappa shape index (κ1) is 7.32. The van der Waals surface area contributed by atoms with E-state index in [0.717, 1.165) is 6.42 Å². The van der Waals surface area contributed by atoms with Crippen LogP contribution in [0.3, 0.4) is 0 Å². The summed E-state index contributed by atoms with van der Waals surface area (Å²) in [5.74, 6) is 1.18. The Kier molecular flexibility index (Phi) is 2.10.